The summed E-state index contributed by atoms with van der Waals surface area (Å²) in [7, 11) is 0. The third-order valence-electron chi connectivity index (χ3n) is 3.08. The number of aromatic amines is 1. The van der Waals surface area contributed by atoms with Crippen LogP contribution in [0.2, 0.25) is 0 Å². The Kier molecular flexibility index (Phi) is 3.56. The Bertz CT molecular complexity index is 940. The van der Waals surface area contributed by atoms with Gasteiger partial charge >= 0.3 is 0 Å². The maximum Gasteiger partial charge on any atom is 0.262 e. The topological polar surface area (TPSA) is 70.4 Å². The number of aliphatic imine (C=N–C) groups is 1. The fourth-order valence-electron chi connectivity index (χ4n) is 2.07. The number of nitrogens with zero attached hydrogens (tertiary/aromatic N) is 2. The number of nitrogens with one attached hydrogen (secondary N) is 1. The molecule has 0 radical (unpaired) electrons. The number of allylic oxidation sites excluding steroid dienone is 2. The van der Waals surface area contributed by atoms with Gasteiger partial charge in [0.1, 0.15) is 11.4 Å². The summed E-state index contributed by atoms with van der Waals surface area (Å²) in [5.41, 5.74) is -0.0713. The van der Waals surface area contributed by atoms with Crippen molar-refractivity contribution >= 4 is 24.5 Å². The number of para-hydroxylation sites is 1. The minimum atomic E-state index is -0.571. The molecule has 0 unspecified atom stereocenters. The smallest absolute Gasteiger partial charge is 0.262 e. The van der Waals surface area contributed by atoms with Crippen molar-refractivity contribution in [2.45, 2.75) is 0 Å². The summed E-state index contributed by atoms with van der Waals surface area (Å²) in [5, 5.41) is 10.4. The highest BCUT2D eigenvalue weighted by molar-refractivity contribution is 7.71. The summed E-state index contributed by atoms with van der Waals surface area (Å²) >= 11 is 5.03. The molecule has 2 aromatic rings. The van der Waals surface area contributed by atoms with Crippen LogP contribution in [0.3, 0.4) is 0 Å². The van der Waals surface area contributed by atoms with E-state index < -0.39 is 17.3 Å². The van der Waals surface area contributed by atoms with Crippen LogP contribution in [-0.4, -0.2) is 20.9 Å². The van der Waals surface area contributed by atoms with E-state index in [0.717, 1.165) is 4.57 Å². The van der Waals surface area contributed by atoms with Gasteiger partial charge in [-0.25, -0.2) is 4.39 Å². The van der Waals surface area contributed by atoms with E-state index in [-0.39, 0.29) is 16.0 Å². The van der Waals surface area contributed by atoms with Gasteiger partial charge in [0.15, 0.2) is 4.77 Å². The number of aromatic nitrogens is 2. The lowest BCUT2D eigenvalue weighted by atomic mass is 10.2. The van der Waals surface area contributed by atoms with Crippen molar-refractivity contribution in [3.05, 3.63) is 68.6 Å². The molecule has 0 atom stereocenters. The SMILES string of the molecule is O=c1[nH]c(=S)n(-c2ccccc2F)c(O)c1C=C1C=CC=N1. The first-order chi connectivity index (χ1) is 10.6. The van der Waals surface area contributed by atoms with Crippen LogP contribution in [0.5, 0.6) is 5.88 Å². The molecule has 0 spiro atoms. The van der Waals surface area contributed by atoms with Gasteiger partial charge in [0.25, 0.3) is 5.56 Å². The van der Waals surface area contributed by atoms with Gasteiger partial charge in [-0.05, 0) is 42.6 Å². The Balaban J connectivity index is 2.29. The van der Waals surface area contributed by atoms with Crippen molar-refractivity contribution in [1.82, 2.24) is 9.55 Å². The molecule has 2 heterocycles. The lowest BCUT2D eigenvalue weighted by Gasteiger charge is -2.12. The molecule has 22 heavy (non-hydrogen) atoms. The van der Waals surface area contributed by atoms with Crippen molar-refractivity contribution in [1.29, 1.82) is 0 Å². The highest BCUT2D eigenvalue weighted by Crippen LogP contribution is 2.23. The van der Waals surface area contributed by atoms with Crippen LogP contribution in [0, 0.1) is 10.6 Å². The van der Waals surface area contributed by atoms with Crippen molar-refractivity contribution < 1.29 is 9.50 Å². The van der Waals surface area contributed by atoms with Crippen LogP contribution < -0.4 is 5.56 Å². The Labute approximate surface area is 129 Å². The van der Waals surface area contributed by atoms with Crippen LogP contribution in [0.25, 0.3) is 11.8 Å². The number of aromatic hydroxyl groups is 1. The van der Waals surface area contributed by atoms with E-state index in [4.69, 9.17) is 12.2 Å². The van der Waals surface area contributed by atoms with Gasteiger partial charge in [-0.2, -0.15) is 0 Å². The number of hydrogen-bond acceptors (Lipinski definition) is 4. The van der Waals surface area contributed by atoms with Crippen molar-refractivity contribution in [2.75, 3.05) is 0 Å². The predicted molar refractivity (Wildman–Crippen MR) is 84.5 cm³/mol. The van der Waals surface area contributed by atoms with Gasteiger partial charge in [-0.3, -0.25) is 19.3 Å². The number of hydrogen-bond donors (Lipinski definition) is 2. The van der Waals surface area contributed by atoms with E-state index in [1.165, 1.54) is 24.3 Å². The average molecular weight is 315 g/mol. The average Bonchev–Trinajstić information content (AvgIpc) is 2.98. The van der Waals surface area contributed by atoms with Crippen molar-refractivity contribution in [3.8, 4) is 11.6 Å². The summed E-state index contributed by atoms with van der Waals surface area (Å²) in [6.45, 7) is 0. The molecular formula is C15H10FN3O2S. The summed E-state index contributed by atoms with van der Waals surface area (Å²) in [4.78, 5) is 18.4. The second kappa shape index (κ2) is 5.53. The Morgan fingerprint density at radius 2 is 2.14 bits per heavy atom. The number of halogens is 1. The third-order valence-corrected chi connectivity index (χ3v) is 3.37. The van der Waals surface area contributed by atoms with Crippen molar-refractivity contribution in [2.24, 2.45) is 4.99 Å². The molecule has 0 aliphatic carbocycles. The largest absolute Gasteiger partial charge is 0.494 e. The van der Waals surface area contributed by atoms with Gasteiger partial charge in [0.2, 0.25) is 5.88 Å². The van der Waals surface area contributed by atoms with E-state index in [1.807, 2.05) is 0 Å². The second-order valence-electron chi connectivity index (χ2n) is 4.49. The molecule has 3 rings (SSSR count). The minimum absolute atomic E-state index is 0.0458. The first kappa shape index (κ1) is 14.2. The first-order valence-electron chi connectivity index (χ1n) is 6.33. The molecule has 1 aromatic heterocycles. The molecular weight excluding hydrogens is 305 g/mol. The van der Waals surface area contributed by atoms with Crippen LogP contribution in [-0.2, 0) is 0 Å². The fraction of sp³-hybridized carbons (Fsp3) is 0. The molecule has 1 aliphatic heterocycles. The lowest BCUT2D eigenvalue weighted by molar-refractivity contribution is 0.429. The van der Waals surface area contributed by atoms with Crippen LogP contribution in [0.4, 0.5) is 4.39 Å². The van der Waals surface area contributed by atoms with Crippen LogP contribution in [0.1, 0.15) is 5.56 Å². The van der Waals surface area contributed by atoms with E-state index in [2.05, 4.69) is 9.98 Å². The molecule has 0 bridgehead atoms. The molecule has 2 N–H and O–H groups in total. The van der Waals surface area contributed by atoms with Crippen LogP contribution in [0.15, 0.2) is 51.9 Å². The quantitative estimate of drug-likeness (QED) is 0.837. The van der Waals surface area contributed by atoms with Gasteiger partial charge in [-0.15, -0.1) is 0 Å². The Morgan fingerprint density at radius 1 is 1.36 bits per heavy atom. The van der Waals surface area contributed by atoms with Gasteiger partial charge in [-0.1, -0.05) is 12.1 Å². The zero-order valence-electron chi connectivity index (χ0n) is 11.2. The molecule has 1 aliphatic rings. The molecule has 5 nitrogen and oxygen atoms in total. The van der Waals surface area contributed by atoms with Gasteiger partial charge < -0.3 is 5.11 Å². The van der Waals surface area contributed by atoms with Gasteiger partial charge in [0, 0.05) is 6.21 Å². The minimum Gasteiger partial charge on any atom is -0.494 e. The molecule has 110 valence electrons. The van der Waals surface area contributed by atoms with E-state index in [1.54, 1.807) is 24.4 Å². The zero-order valence-corrected chi connectivity index (χ0v) is 12.0. The summed E-state index contributed by atoms with van der Waals surface area (Å²) in [6.07, 6.45) is 6.33. The number of H-pyrrole nitrogens is 1. The number of rotatable bonds is 2. The maximum absolute atomic E-state index is 14.0. The first-order valence-corrected chi connectivity index (χ1v) is 6.74. The molecule has 0 saturated heterocycles. The third kappa shape index (κ3) is 2.42. The molecule has 0 amide bonds. The fourth-order valence-corrected chi connectivity index (χ4v) is 2.35. The highest BCUT2D eigenvalue weighted by Gasteiger charge is 2.15. The van der Waals surface area contributed by atoms with E-state index >= 15 is 0 Å². The monoisotopic (exact) mass is 315 g/mol. The standard InChI is InChI=1S/C15H10FN3O2S/c16-11-5-1-2-6-12(11)19-14(21)10(13(20)18-15(19)22)8-9-4-3-7-17-9/h1-8,21H,(H,18,20,22). The lowest BCUT2D eigenvalue weighted by Crippen LogP contribution is -2.16. The Hall–Kier alpha value is -2.80. The summed E-state index contributed by atoms with van der Waals surface area (Å²) < 4.78 is 14.9. The van der Waals surface area contributed by atoms with Crippen LogP contribution >= 0.6 is 12.2 Å². The number of benzene rings is 1. The van der Waals surface area contributed by atoms with Crippen molar-refractivity contribution in [3.63, 3.8) is 0 Å². The molecule has 7 heteroatoms. The second-order valence-corrected chi connectivity index (χ2v) is 4.88. The summed E-state index contributed by atoms with van der Waals surface area (Å²) in [6, 6.07) is 5.82. The van der Waals surface area contributed by atoms with Gasteiger partial charge in [0.05, 0.1) is 11.4 Å². The van der Waals surface area contributed by atoms with E-state index in [9.17, 15) is 14.3 Å². The molecule has 0 fully saturated rings. The predicted octanol–water partition coefficient (Wildman–Crippen LogP) is 2.72. The highest BCUT2D eigenvalue weighted by atomic mass is 32.1. The normalized spacial score (nSPS) is 14.9. The summed E-state index contributed by atoms with van der Waals surface area (Å²) in [5.74, 6) is -1.01. The Morgan fingerprint density at radius 3 is 2.82 bits per heavy atom. The van der Waals surface area contributed by atoms with E-state index in [0.29, 0.717) is 5.70 Å². The molecule has 0 saturated carbocycles. The zero-order chi connectivity index (χ0) is 15.7. The molecule has 1 aromatic carbocycles. The maximum atomic E-state index is 14.0.